The van der Waals surface area contributed by atoms with Crippen LogP contribution in [0.3, 0.4) is 0 Å². The van der Waals surface area contributed by atoms with Gasteiger partial charge < -0.3 is 16.0 Å². The lowest BCUT2D eigenvalue weighted by atomic mass is 10.2. The highest BCUT2D eigenvalue weighted by atomic mass is 16.2. The summed E-state index contributed by atoms with van der Waals surface area (Å²) in [7, 11) is 0. The number of hydrogen-bond donors (Lipinski definition) is 3. The molecule has 0 aromatic carbocycles. The Bertz CT molecular complexity index is 448. The summed E-state index contributed by atoms with van der Waals surface area (Å²) in [6.45, 7) is 6.02. The molecule has 1 rings (SSSR count). The number of nitrogens with zero attached hydrogens (tertiary/aromatic N) is 1. The van der Waals surface area contributed by atoms with Crippen LogP contribution in [0.15, 0.2) is 18.2 Å². The first-order chi connectivity index (χ1) is 8.99. The zero-order valence-corrected chi connectivity index (χ0v) is 11.5. The van der Waals surface area contributed by atoms with Crippen LogP contribution in [0.5, 0.6) is 0 Å². The topological polar surface area (TPSA) is 83.1 Å². The summed E-state index contributed by atoms with van der Waals surface area (Å²) in [6.07, 6.45) is 0. The van der Waals surface area contributed by atoms with E-state index in [4.69, 9.17) is 0 Å². The third kappa shape index (κ3) is 5.85. The Balaban J connectivity index is 2.34. The first-order valence-corrected chi connectivity index (χ1v) is 6.21. The van der Waals surface area contributed by atoms with E-state index in [1.54, 1.807) is 0 Å². The summed E-state index contributed by atoms with van der Waals surface area (Å²) in [6, 6.07) is 5.24. The maximum atomic E-state index is 11.6. The van der Waals surface area contributed by atoms with Gasteiger partial charge in [-0.1, -0.05) is 6.07 Å². The molecule has 3 N–H and O–H groups in total. The second-order valence-corrected chi connectivity index (χ2v) is 4.31. The summed E-state index contributed by atoms with van der Waals surface area (Å²) in [5.41, 5.74) is 1.73. The average molecular weight is 264 g/mol. The highest BCUT2D eigenvalue weighted by Gasteiger charge is 2.09. The van der Waals surface area contributed by atoms with Crippen molar-refractivity contribution < 1.29 is 9.59 Å². The molecule has 1 aromatic rings. The number of hydrogen-bond acceptors (Lipinski definition) is 3. The van der Waals surface area contributed by atoms with Crippen LogP contribution in [-0.2, 0) is 4.79 Å². The van der Waals surface area contributed by atoms with Crippen LogP contribution < -0.4 is 16.0 Å². The summed E-state index contributed by atoms with van der Waals surface area (Å²) in [5, 5.41) is 8.05. The van der Waals surface area contributed by atoms with E-state index in [0.717, 1.165) is 11.4 Å². The number of pyridine rings is 1. The van der Waals surface area contributed by atoms with Gasteiger partial charge in [0, 0.05) is 25.7 Å². The van der Waals surface area contributed by atoms with E-state index in [1.165, 1.54) is 6.92 Å². The van der Waals surface area contributed by atoms with E-state index >= 15 is 0 Å². The third-order valence-electron chi connectivity index (χ3n) is 2.49. The molecule has 0 bridgehead atoms. The van der Waals surface area contributed by atoms with E-state index in [1.807, 2.05) is 32.0 Å². The molecule has 0 saturated heterocycles. The molecule has 0 fully saturated rings. The SMILES string of the molecule is CC(=O)NCCNC(=O)N[C@H](C)c1cccc(C)n1. The largest absolute Gasteiger partial charge is 0.355 e. The molecule has 3 amide bonds. The minimum absolute atomic E-state index is 0.112. The molecule has 0 saturated carbocycles. The number of aryl methyl sites for hydroxylation is 1. The van der Waals surface area contributed by atoms with E-state index < -0.39 is 0 Å². The number of aromatic nitrogens is 1. The molecule has 0 radical (unpaired) electrons. The van der Waals surface area contributed by atoms with Crippen molar-refractivity contribution in [3.05, 3.63) is 29.6 Å². The number of amides is 3. The van der Waals surface area contributed by atoms with Gasteiger partial charge in [0.1, 0.15) is 0 Å². The van der Waals surface area contributed by atoms with Crippen LogP contribution in [0.4, 0.5) is 4.79 Å². The molecule has 1 aromatic heterocycles. The molecule has 0 aliphatic rings. The maximum absolute atomic E-state index is 11.6. The van der Waals surface area contributed by atoms with Crippen molar-refractivity contribution in [1.29, 1.82) is 0 Å². The Hall–Kier alpha value is -2.11. The Morgan fingerprint density at radius 2 is 1.95 bits per heavy atom. The monoisotopic (exact) mass is 264 g/mol. The molecular formula is C13H20N4O2. The lowest BCUT2D eigenvalue weighted by molar-refractivity contribution is -0.118. The van der Waals surface area contributed by atoms with Crippen LogP contribution in [0.25, 0.3) is 0 Å². The second-order valence-electron chi connectivity index (χ2n) is 4.31. The highest BCUT2D eigenvalue weighted by Crippen LogP contribution is 2.09. The zero-order chi connectivity index (χ0) is 14.3. The van der Waals surface area contributed by atoms with Gasteiger partial charge in [-0.2, -0.15) is 0 Å². The third-order valence-corrected chi connectivity index (χ3v) is 2.49. The maximum Gasteiger partial charge on any atom is 0.315 e. The van der Waals surface area contributed by atoms with Gasteiger partial charge in [0.25, 0.3) is 0 Å². The average Bonchev–Trinajstić information content (AvgIpc) is 2.34. The van der Waals surface area contributed by atoms with Crippen LogP contribution >= 0.6 is 0 Å². The van der Waals surface area contributed by atoms with Crippen molar-refractivity contribution in [1.82, 2.24) is 20.9 Å². The number of nitrogens with one attached hydrogen (secondary N) is 3. The Morgan fingerprint density at radius 3 is 2.58 bits per heavy atom. The van der Waals surface area contributed by atoms with Gasteiger partial charge in [0.2, 0.25) is 5.91 Å². The fraction of sp³-hybridized carbons (Fsp3) is 0.462. The van der Waals surface area contributed by atoms with Crippen molar-refractivity contribution in [3.63, 3.8) is 0 Å². The first-order valence-electron chi connectivity index (χ1n) is 6.21. The molecule has 19 heavy (non-hydrogen) atoms. The van der Waals surface area contributed by atoms with E-state index in [-0.39, 0.29) is 18.0 Å². The minimum atomic E-state index is -0.277. The standard InChI is InChI=1S/C13H20N4O2/c1-9-5-4-6-12(16-9)10(2)17-13(19)15-8-7-14-11(3)18/h4-6,10H,7-8H2,1-3H3,(H,14,18)(H2,15,17,19)/t10-/m1/s1. The lowest BCUT2D eigenvalue weighted by Crippen LogP contribution is -2.41. The number of carbonyl (C=O) groups excluding carboxylic acids is 2. The molecule has 1 atom stereocenters. The fourth-order valence-corrected chi connectivity index (χ4v) is 1.54. The van der Waals surface area contributed by atoms with Crippen molar-refractivity contribution in [2.45, 2.75) is 26.8 Å². The summed E-state index contributed by atoms with van der Waals surface area (Å²) >= 11 is 0. The van der Waals surface area contributed by atoms with Gasteiger partial charge in [-0.25, -0.2) is 4.79 Å². The molecule has 0 aliphatic heterocycles. The molecular weight excluding hydrogens is 244 g/mol. The van der Waals surface area contributed by atoms with Crippen LogP contribution in [-0.4, -0.2) is 30.0 Å². The van der Waals surface area contributed by atoms with Gasteiger partial charge >= 0.3 is 6.03 Å². The Kier molecular flexibility index (Phi) is 5.78. The quantitative estimate of drug-likeness (QED) is 0.691. The molecule has 0 unspecified atom stereocenters. The molecule has 6 heteroatoms. The van der Waals surface area contributed by atoms with Crippen LogP contribution in [0, 0.1) is 6.92 Å². The molecule has 0 aliphatic carbocycles. The van der Waals surface area contributed by atoms with E-state index in [9.17, 15) is 9.59 Å². The summed E-state index contributed by atoms with van der Waals surface area (Å²) in [5.74, 6) is -0.112. The van der Waals surface area contributed by atoms with Gasteiger partial charge in [-0.05, 0) is 26.0 Å². The van der Waals surface area contributed by atoms with Crippen LogP contribution in [0.1, 0.15) is 31.3 Å². The van der Waals surface area contributed by atoms with Gasteiger partial charge in [-0.3, -0.25) is 9.78 Å². The van der Waals surface area contributed by atoms with Gasteiger partial charge in [0.05, 0.1) is 11.7 Å². The van der Waals surface area contributed by atoms with E-state index in [0.29, 0.717) is 13.1 Å². The highest BCUT2D eigenvalue weighted by molar-refractivity contribution is 5.75. The number of rotatable bonds is 5. The van der Waals surface area contributed by atoms with Crippen molar-refractivity contribution in [3.8, 4) is 0 Å². The van der Waals surface area contributed by atoms with E-state index in [2.05, 4.69) is 20.9 Å². The Labute approximate surface area is 113 Å². The predicted molar refractivity (Wildman–Crippen MR) is 72.6 cm³/mol. The normalized spacial score (nSPS) is 11.5. The van der Waals surface area contributed by atoms with Crippen LogP contribution in [0.2, 0.25) is 0 Å². The van der Waals surface area contributed by atoms with Crippen molar-refractivity contribution >= 4 is 11.9 Å². The number of carbonyl (C=O) groups is 2. The summed E-state index contributed by atoms with van der Waals surface area (Å²) < 4.78 is 0. The first kappa shape index (κ1) is 14.9. The van der Waals surface area contributed by atoms with Gasteiger partial charge in [-0.15, -0.1) is 0 Å². The predicted octanol–water partition coefficient (Wildman–Crippen LogP) is 0.886. The smallest absolute Gasteiger partial charge is 0.315 e. The molecule has 6 nitrogen and oxygen atoms in total. The minimum Gasteiger partial charge on any atom is -0.355 e. The van der Waals surface area contributed by atoms with Crippen molar-refractivity contribution in [2.24, 2.45) is 0 Å². The van der Waals surface area contributed by atoms with Crippen molar-refractivity contribution in [2.75, 3.05) is 13.1 Å². The number of urea groups is 1. The lowest BCUT2D eigenvalue weighted by Gasteiger charge is -2.14. The molecule has 0 spiro atoms. The Morgan fingerprint density at radius 1 is 1.26 bits per heavy atom. The zero-order valence-electron chi connectivity index (χ0n) is 11.5. The second kappa shape index (κ2) is 7.35. The van der Waals surface area contributed by atoms with Gasteiger partial charge in [0.15, 0.2) is 0 Å². The fourth-order valence-electron chi connectivity index (χ4n) is 1.54. The molecule has 104 valence electrons. The molecule has 1 heterocycles. The summed E-state index contributed by atoms with van der Waals surface area (Å²) in [4.78, 5) is 26.6.